The van der Waals surface area contributed by atoms with Gasteiger partial charge >= 0.3 is 5.97 Å². The fraction of sp³-hybridized carbons (Fsp3) is 0.200. The van der Waals surface area contributed by atoms with Crippen LogP contribution in [0.1, 0.15) is 18.2 Å². The van der Waals surface area contributed by atoms with Crippen LogP contribution in [0.4, 0.5) is 0 Å². The number of hydrogen-bond donors (Lipinski definition) is 1. The highest BCUT2D eigenvalue weighted by atomic mass is 16.5. The van der Waals surface area contributed by atoms with Gasteiger partial charge in [0.2, 0.25) is 0 Å². The summed E-state index contributed by atoms with van der Waals surface area (Å²) in [7, 11) is 0. The van der Waals surface area contributed by atoms with Crippen molar-refractivity contribution in [3.8, 4) is 5.75 Å². The van der Waals surface area contributed by atoms with Crippen molar-refractivity contribution in [3.05, 3.63) is 72.7 Å². The molecule has 6 heteroatoms. The third kappa shape index (κ3) is 6.32. The van der Waals surface area contributed by atoms with Crippen LogP contribution in [0, 0.1) is 0 Å². The molecule has 0 aliphatic carbocycles. The molecule has 1 heterocycles. The molecule has 0 saturated carbocycles. The number of ether oxygens (including phenoxy) is 2. The Bertz CT molecular complexity index is 747. The van der Waals surface area contributed by atoms with Crippen molar-refractivity contribution in [1.29, 1.82) is 0 Å². The summed E-state index contributed by atoms with van der Waals surface area (Å²) in [6, 6.07) is 10.7. The van der Waals surface area contributed by atoms with E-state index in [1.54, 1.807) is 36.4 Å². The molecule has 26 heavy (non-hydrogen) atoms. The fourth-order valence-electron chi connectivity index (χ4n) is 1.99. The molecular weight excluding hydrogens is 334 g/mol. The molecule has 2 rings (SSSR count). The summed E-state index contributed by atoms with van der Waals surface area (Å²) >= 11 is 0. The van der Waals surface area contributed by atoms with Gasteiger partial charge in [0.1, 0.15) is 18.1 Å². The summed E-state index contributed by atoms with van der Waals surface area (Å²) in [4.78, 5) is 23.7. The van der Waals surface area contributed by atoms with Crippen molar-refractivity contribution in [1.82, 2.24) is 5.32 Å². The lowest BCUT2D eigenvalue weighted by atomic mass is 10.2. The average molecular weight is 355 g/mol. The van der Waals surface area contributed by atoms with E-state index in [4.69, 9.17) is 13.9 Å². The first-order chi connectivity index (χ1) is 12.6. The first kappa shape index (κ1) is 19.1. The second-order valence-corrected chi connectivity index (χ2v) is 5.38. The van der Waals surface area contributed by atoms with Crippen LogP contribution in [-0.2, 0) is 20.9 Å². The molecule has 0 bridgehead atoms. The standard InChI is InChI=1S/C20H21NO5/c1-3-12-24-17-9-6-16(7-10-17)8-11-19(22)26-15(2)20(23)21-14-18-5-4-13-25-18/h3-11,13,15H,1,12,14H2,2H3,(H,21,23)/b11-8+/t15-/m0/s1. The minimum atomic E-state index is -0.906. The largest absolute Gasteiger partial charge is 0.490 e. The molecule has 1 aromatic carbocycles. The Morgan fingerprint density at radius 1 is 1.27 bits per heavy atom. The number of rotatable bonds is 9. The van der Waals surface area contributed by atoms with Crippen LogP contribution in [0.2, 0.25) is 0 Å². The van der Waals surface area contributed by atoms with E-state index in [9.17, 15) is 9.59 Å². The van der Waals surface area contributed by atoms with Gasteiger partial charge in [-0.1, -0.05) is 24.8 Å². The van der Waals surface area contributed by atoms with Gasteiger partial charge in [-0.25, -0.2) is 4.79 Å². The van der Waals surface area contributed by atoms with E-state index >= 15 is 0 Å². The summed E-state index contributed by atoms with van der Waals surface area (Å²) in [6.07, 6.45) is 5.16. The molecule has 1 atom stereocenters. The van der Waals surface area contributed by atoms with E-state index in [2.05, 4.69) is 11.9 Å². The van der Waals surface area contributed by atoms with E-state index in [1.165, 1.54) is 19.3 Å². The van der Waals surface area contributed by atoms with E-state index in [0.29, 0.717) is 18.1 Å². The molecule has 1 amide bonds. The Kier molecular flexibility index (Phi) is 7.24. The smallest absolute Gasteiger partial charge is 0.331 e. The van der Waals surface area contributed by atoms with Crippen molar-refractivity contribution in [3.63, 3.8) is 0 Å². The van der Waals surface area contributed by atoms with Crippen LogP contribution in [0.3, 0.4) is 0 Å². The fourth-order valence-corrected chi connectivity index (χ4v) is 1.99. The highest BCUT2D eigenvalue weighted by molar-refractivity contribution is 5.90. The first-order valence-corrected chi connectivity index (χ1v) is 8.11. The van der Waals surface area contributed by atoms with Gasteiger partial charge in [-0.05, 0) is 42.8 Å². The molecule has 136 valence electrons. The maximum atomic E-state index is 11.9. The predicted molar refractivity (Wildman–Crippen MR) is 97.3 cm³/mol. The molecule has 6 nitrogen and oxygen atoms in total. The van der Waals surface area contributed by atoms with Crippen LogP contribution < -0.4 is 10.1 Å². The Morgan fingerprint density at radius 2 is 2.04 bits per heavy atom. The van der Waals surface area contributed by atoms with Gasteiger partial charge in [-0.2, -0.15) is 0 Å². The Morgan fingerprint density at radius 3 is 2.69 bits per heavy atom. The van der Waals surface area contributed by atoms with E-state index in [-0.39, 0.29) is 6.54 Å². The first-order valence-electron chi connectivity index (χ1n) is 8.11. The van der Waals surface area contributed by atoms with Crippen LogP contribution in [-0.4, -0.2) is 24.6 Å². The highest BCUT2D eigenvalue weighted by Gasteiger charge is 2.16. The number of esters is 1. The molecule has 2 aromatic rings. The van der Waals surface area contributed by atoms with Crippen LogP contribution >= 0.6 is 0 Å². The Balaban J connectivity index is 1.78. The van der Waals surface area contributed by atoms with Crippen LogP contribution in [0.15, 0.2) is 65.8 Å². The minimum Gasteiger partial charge on any atom is -0.490 e. The number of carbonyl (C=O) groups is 2. The zero-order valence-corrected chi connectivity index (χ0v) is 14.5. The molecule has 1 aromatic heterocycles. The van der Waals surface area contributed by atoms with Gasteiger partial charge in [-0.3, -0.25) is 4.79 Å². The van der Waals surface area contributed by atoms with Gasteiger partial charge in [0.15, 0.2) is 6.10 Å². The van der Waals surface area contributed by atoms with Crippen molar-refractivity contribution >= 4 is 18.0 Å². The van der Waals surface area contributed by atoms with Gasteiger partial charge < -0.3 is 19.2 Å². The Hall–Kier alpha value is -3.28. The summed E-state index contributed by atoms with van der Waals surface area (Å²) in [5, 5.41) is 2.63. The Labute approximate surface area is 152 Å². The quantitative estimate of drug-likeness (QED) is 0.425. The van der Waals surface area contributed by atoms with Gasteiger partial charge in [0, 0.05) is 6.08 Å². The maximum absolute atomic E-state index is 11.9. The highest BCUT2D eigenvalue weighted by Crippen LogP contribution is 2.13. The number of amides is 1. The second-order valence-electron chi connectivity index (χ2n) is 5.38. The van der Waals surface area contributed by atoms with E-state index in [0.717, 1.165) is 5.56 Å². The van der Waals surface area contributed by atoms with Gasteiger partial charge in [0.05, 0.1) is 12.8 Å². The normalized spacial score (nSPS) is 11.7. The zero-order valence-electron chi connectivity index (χ0n) is 14.5. The minimum absolute atomic E-state index is 0.240. The second kappa shape index (κ2) is 9.88. The van der Waals surface area contributed by atoms with Crippen molar-refractivity contribution in [2.45, 2.75) is 19.6 Å². The maximum Gasteiger partial charge on any atom is 0.331 e. The molecule has 0 spiro atoms. The zero-order chi connectivity index (χ0) is 18.8. The topological polar surface area (TPSA) is 77.8 Å². The predicted octanol–water partition coefficient (Wildman–Crippen LogP) is 3.11. The van der Waals surface area contributed by atoms with Crippen LogP contribution in [0.25, 0.3) is 6.08 Å². The molecule has 0 radical (unpaired) electrons. The molecule has 0 aliphatic rings. The molecule has 0 aliphatic heterocycles. The van der Waals surface area contributed by atoms with E-state index in [1.807, 2.05) is 12.1 Å². The summed E-state index contributed by atoms with van der Waals surface area (Å²) in [6.45, 7) is 5.76. The number of furan rings is 1. The van der Waals surface area contributed by atoms with Gasteiger partial charge in [0.25, 0.3) is 5.91 Å². The molecular formula is C20H21NO5. The molecule has 0 saturated heterocycles. The van der Waals surface area contributed by atoms with Gasteiger partial charge in [-0.15, -0.1) is 0 Å². The number of nitrogens with one attached hydrogen (secondary N) is 1. The van der Waals surface area contributed by atoms with Crippen molar-refractivity contribution < 1.29 is 23.5 Å². The molecule has 0 fully saturated rings. The SMILES string of the molecule is C=CCOc1ccc(/C=C/C(=O)O[C@@H](C)C(=O)NCc2ccco2)cc1. The third-order valence-electron chi connectivity index (χ3n) is 3.34. The molecule has 0 unspecified atom stereocenters. The third-order valence-corrected chi connectivity index (χ3v) is 3.34. The lowest BCUT2D eigenvalue weighted by Gasteiger charge is -2.11. The summed E-state index contributed by atoms with van der Waals surface area (Å²) in [5.41, 5.74) is 0.808. The number of hydrogen-bond acceptors (Lipinski definition) is 5. The van der Waals surface area contributed by atoms with Crippen LogP contribution in [0.5, 0.6) is 5.75 Å². The van der Waals surface area contributed by atoms with Crippen molar-refractivity contribution in [2.24, 2.45) is 0 Å². The van der Waals surface area contributed by atoms with Crippen molar-refractivity contribution in [2.75, 3.05) is 6.61 Å². The average Bonchev–Trinajstić information content (AvgIpc) is 3.17. The van der Waals surface area contributed by atoms with E-state index < -0.39 is 18.0 Å². The number of carbonyl (C=O) groups excluding carboxylic acids is 2. The molecule has 1 N–H and O–H groups in total. The number of benzene rings is 1. The lowest BCUT2D eigenvalue weighted by molar-refractivity contribution is -0.150. The summed E-state index contributed by atoms with van der Waals surface area (Å²) < 4.78 is 15.6. The lowest BCUT2D eigenvalue weighted by Crippen LogP contribution is -2.35. The summed E-state index contributed by atoms with van der Waals surface area (Å²) in [5.74, 6) is 0.341. The monoisotopic (exact) mass is 355 g/mol.